The summed E-state index contributed by atoms with van der Waals surface area (Å²) in [7, 11) is 1.63. The zero-order valence-corrected chi connectivity index (χ0v) is 16.8. The van der Waals surface area contributed by atoms with Gasteiger partial charge in [0, 0.05) is 18.7 Å². The van der Waals surface area contributed by atoms with Crippen molar-refractivity contribution in [2.45, 2.75) is 33.0 Å². The van der Waals surface area contributed by atoms with Crippen molar-refractivity contribution in [2.75, 3.05) is 7.11 Å². The molecule has 7 heteroatoms. The van der Waals surface area contributed by atoms with E-state index >= 15 is 0 Å². The zero-order chi connectivity index (χ0) is 20.1. The molecule has 0 atom stereocenters. The number of aromatic nitrogens is 2. The second kappa shape index (κ2) is 8.99. The fourth-order valence-corrected chi connectivity index (χ4v) is 3.04. The topological polar surface area (TPSA) is 68.5 Å². The standard InChI is InChI=1S/C21H22ClN3O3/c1-14(2)25(21(26)16-8-6-7-15(11-16)13-27-3)12-19-23-24-20(28-19)17-9-4-5-10-18(17)22/h4-11,14H,12-13H2,1-3H3. The first-order chi connectivity index (χ1) is 13.5. The molecule has 146 valence electrons. The van der Waals surface area contributed by atoms with E-state index in [0.717, 1.165) is 5.56 Å². The summed E-state index contributed by atoms with van der Waals surface area (Å²) in [6.45, 7) is 4.56. The van der Waals surface area contributed by atoms with E-state index in [4.69, 9.17) is 20.8 Å². The summed E-state index contributed by atoms with van der Waals surface area (Å²) in [4.78, 5) is 14.7. The minimum Gasteiger partial charge on any atom is -0.419 e. The van der Waals surface area contributed by atoms with Crippen LogP contribution < -0.4 is 0 Å². The SMILES string of the molecule is COCc1cccc(C(=O)N(Cc2nnc(-c3ccccc3Cl)o2)C(C)C)c1. The van der Waals surface area contributed by atoms with Gasteiger partial charge in [-0.1, -0.05) is 35.9 Å². The summed E-state index contributed by atoms with van der Waals surface area (Å²) < 4.78 is 10.9. The van der Waals surface area contributed by atoms with Gasteiger partial charge in [-0.2, -0.15) is 0 Å². The normalized spacial score (nSPS) is 11.0. The van der Waals surface area contributed by atoms with Crippen molar-refractivity contribution in [1.82, 2.24) is 15.1 Å². The molecule has 3 aromatic rings. The molecule has 1 heterocycles. The van der Waals surface area contributed by atoms with Gasteiger partial charge in [0.2, 0.25) is 11.8 Å². The van der Waals surface area contributed by atoms with E-state index in [9.17, 15) is 4.79 Å². The molecule has 0 N–H and O–H groups in total. The lowest BCUT2D eigenvalue weighted by Crippen LogP contribution is -2.36. The molecule has 1 aromatic heterocycles. The molecule has 28 heavy (non-hydrogen) atoms. The van der Waals surface area contributed by atoms with Gasteiger partial charge in [-0.25, -0.2) is 0 Å². The average Bonchev–Trinajstić information content (AvgIpc) is 3.15. The highest BCUT2D eigenvalue weighted by Gasteiger charge is 2.22. The summed E-state index contributed by atoms with van der Waals surface area (Å²) in [6.07, 6.45) is 0. The number of carbonyl (C=O) groups excluding carboxylic acids is 1. The Bertz CT molecular complexity index is 955. The number of halogens is 1. The van der Waals surface area contributed by atoms with Crippen molar-refractivity contribution in [3.63, 3.8) is 0 Å². The molecule has 0 aliphatic rings. The number of nitrogens with zero attached hydrogens (tertiary/aromatic N) is 3. The van der Waals surface area contributed by atoms with Gasteiger partial charge < -0.3 is 14.1 Å². The molecule has 3 rings (SSSR count). The van der Waals surface area contributed by atoms with E-state index in [-0.39, 0.29) is 18.5 Å². The predicted octanol–water partition coefficient (Wildman–Crippen LogP) is 4.59. The van der Waals surface area contributed by atoms with Crippen LogP contribution in [0.4, 0.5) is 0 Å². The maximum Gasteiger partial charge on any atom is 0.254 e. The van der Waals surface area contributed by atoms with Crippen LogP contribution in [0.3, 0.4) is 0 Å². The van der Waals surface area contributed by atoms with Crippen molar-refractivity contribution in [1.29, 1.82) is 0 Å². The van der Waals surface area contributed by atoms with E-state index < -0.39 is 0 Å². The van der Waals surface area contributed by atoms with Crippen LogP contribution in [0.1, 0.15) is 35.7 Å². The predicted molar refractivity (Wildman–Crippen MR) is 107 cm³/mol. The van der Waals surface area contributed by atoms with Crippen LogP contribution >= 0.6 is 11.6 Å². The maximum absolute atomic E-state index is 13.1. The summed E-state index contributed by atoms with van der Waals surface area (Å²) >= 11 is 6.19. The average molecular weight is 400 g/mol. The van der Waals surface area contributed by atoms with Crippen LogP contribution in [0.25, 0.3) is 11.5 Å². The fraction of sp³-hybridized carbons (Fsp3) is 0.286. The van der Waals surface area contributed by atoms with E-state index in [1.165, 1.54) is 0 Å². The van der Waals surface area contributed by atoms with Gasteiger partial charge in [0.15, 0.2) is 0 Å². The Morgan fingerprint density at radius 1 is 1.18 bits per heavy atom. The highest BCUT2D eigenvalue weighted by molar-refractivity contribution is 6.33. The quantitative estimate of drug-likeness (QED) is 0.581. The number of carbonyl (C=O) groups is 1. The molecular weight excluding hydrogens is 378 g/mol. The Kier molecular flexibility index (Phi) is 6.44. The molecule has 0 aliphatic heterocycles. The number of amides is 1. The smallest absolute Gasteiger partial charge is 0.254 e. The van der Waals surface area contributed by atoms with E-state index in [1.54, 1.807) is 24.1 Å². The van der Waals surface area contributed by atoms with Gasteiger partial charge in [0.25, 0.3) is 5.91 Å². The van der Waals surface area contributed by atoms with Crippen LogP contribution in [0, 0.1) is 0 Å². The van der Waals surface area contributed by atoms with E-state index in [1.807, 2.05) is 50.2 Å². The molecule has 0 fully saturated rings. The molecule has 0 unspecified atom stereocenters. The second-order valence-corrected chi connectivity index (χ2v) is 7.05. The van der Waals surface area contributed by atoms with Gasteiger partial charge in [-0.05, 0) is 43.7 Å². The van der Waals surface area contributed by atoms with Crippen molar-refractivity contribution in [2.24, 2.45) is 0 Å². The van der Waals surface area contributed by atoms with E-state index in [0.29, 0.717) is 34.5 Å². The number of hydrogen-bond acceptors (Lipinski definition) is 5. The number of benzene rings is 2. The van der Waals surface area contributed by atoms with Gasteiger partial charge in [0.05, 0.1) is 23.7 Å². The second-order valence-electron chi connectivity index (χ2n) is 6.64. The lowest BCUT2D eigenvalue weighted by atomic mass is 10.1. The number of hydrogen-bond donors (Lipinski definition) is 0. The highest BCUT2D eigenvalue weighted by Crippen LogP contribution is 2.26. The van der Waals surface area contributed by atoms with Crippen molar-refractivity contribution in [3.8, 4) is 11.5 Å². The third-order valence-electron chi connectivity index (χ3n) is 4.25. The van der Waals surface area contributed by atoms with Crippen LogP contribution in [0.15, 0.2) is 52.9 Å². The first kappa shape index (κ1) is 20.0. The molecule has 1 amide bonds. The van der Waals surface area contributed by atoms with Crippen LogP contribution in [-0.2, 0) is 17.9 Å². The highest BCUT2D eigenvalue weighted by atomic mass is 35.5. The minimum absolute atomic E-state index is 0.0470. The zero-order valence-electron chi connectivity index (χ0n) is 16.1. The summed E-state index contributed by atoms with van der Waals surface area (Å²) in [5, 5.41) is 8.70. The fourth-order valence-electron chi connectivity index (χ4n) is 2.82. The lowest BCUT2D eigenvalue weighted by molar-refractivity contribution is 0.0672. The monoisotopic (exact) mass is 399 g/mol. The molecule has 0 radical (unpaired) electrons. The molecule has 0 saturated heterocycles. The maximum atomic E-state index is 13.1. The van der Waals surface area contributed by atoms with Crippen molar-refractivity contribution in [3.05, 3.63) is 70.6 Å². The van der Waals surface area contributed by atoms with E-state index in [2.05, 4.69) is 10.2 Å². The number of methoxy groups -OCH3 is 1. The van der Waals surface area contributed by atoms with Gasteiger partial charge >= 0.3 is 0 Å². The largest absolute Gasteiger partial charge is 0.419 e. The van der Waals surface area contributed by atoms with Gasteiger partial charge in [-0.15, -0.1) is 10.2 Å². The van der Waals surface area contributed by atoms with Gasteiger partial charge in [-0.3, -0.25) is 4.79 Å². The first-order valence-corrected chi connectivity index (χ1v) is 9.33. The number of rotatable bonds is 7. The Morgan fingerprint density at radius 3 is 2.68 bits per heavy atom. The van der Waals surface area contributed by atoms with Crippen LogP contribution in [0.2, 0.25) is 5.02 Å². The molecule has 0 aliphatic carbocycles. The lowest BCUT2D eigenvalue weighted by Gasteiger charge is -2.25. The Morgan fingerprint density at radius 2 is 1.96 bits per heavy atom. The summed E-state index contributed by atoms with van der Waals surface area (Å²) in [5.41, 5.74) is 2.20. The van der Waals surface area contributed by atoms with Crippen molar-refractivity contribution >= 4 is 17.5 Å². The molecule has 2 aromatic carbocycles. The van der Waals surface area contributed by atoms with Gasteiger partial charge in [0.1, 0.15) is 0 Å². The summed E-state index contributed by atoms with van der Waals surface area (Å²) in [5.74, 6) is 0.578. The van der Waals surface area contributed by atoms with Crippen LogP contribution in [-0.4, -0.2) is 34.2 Å². The third kappa shape index (κ3) is 4.58. The molecular formula is C21H22ClN3O3. The minimum atomic E-state index is -0.106. The first-order valence-electron chi connectivity index (χ1n) is 8.95. The Labute approximate surface area is 169 Å². The number of ether oxygens (including phenoxy) is 1. The molecule has 0 saturated carbocycles. The van der Waals surface area contributed by atoms with Crippen molar-refractivity contribution < 1.29 is 13.9 Å². The third-order valence-corrected chi connectivity index (χ3v) is 4.58. The molecule has 0 bridgehead atoms. The van der Waals surface area contributed by atoms with Crippen LogP contribution in [0.5, 0.6) is 0 Å². The summed E-state index contributed by atoms with van der Waals surface area (Å²) in [6, 6.07) is 14.6. The Hall–Kier alpha value is -2.70. The molecule has 0 spiro atoms. The molecule has 6 nitrogen and oxygen atoms in total. The Balaban J connectivity index is 1.81.